The summed E-state index contributed by atoms with van der Waals surface area (Å²) in [6.07, 6.45) is 1.83. The summed E-state index contributed by atoms with van der Waals surface area (Å²) in [6.45, 7) is 0. The van der Waals surface area contributed by atoms with Crippen LogP contribution in [0, 0.1) is 23.1 Å². The molecule has 2 unspecified atom stereocenters. The van der Waals surface area contributed by atoms with Gasteiger partial charge in [-0.15, -0.1) is 0 Å². The quantitative estimate of drug-likeness (QED) is 0.793. The van der Waals surface area contributed by atoms with Crippen molar-refractivity contribution in [3.05, 3.63) is 29.6 Å². The molecule has 0 radical (unpaired) electrons. The fraction of sp³-hybridized carbons (Fsp3) is 0.357. The van der Waals surface area contributed by atoms with E-state index in [0.717, 1.165) is 12.5 Å². The number of benzene rings is 1. The Balaban J connectivity index is 1.99. The van der Waals surface area contributed by atoms with Gasteiger partial charge in [0.15, 0.2) is 0 Å². The Morgan fingerprint density at radius 2 is 2.14 bits per heavy atom. The normalized spacial score (nSPS) is 20.6. The molecule has 0 spiro atoms. The van der Waals surface area contributed by atoms with E-state index in [1.165, 1.54) is 12.1 Å². The number of carboxylic acid groups (broad SMARTS) is 1. The largest absolute Gasteiger partial charge is 0.481 e. The van der Waals surface area contributed by atoms with E-state index in [-0.39, 0.29) is 11.3 Å². The lowest BCUT2D eigenvalue weighted by atomic mass is 10.0. The third-order valence-corrected chi connectivity index (χ3v) is 3.50. The molecule has 3 N–H and O–H groups in total. The maximum Gasteiger partial charge on any atom is 0.319 e. The molecule has 1 fully saturated rings. The number of carboxylic acids is 1. The van der Waals surface area contributed by atoms with E-state index in [0.29, 0.717) is 12.8 Å². The summed E-state index contributed by atoms with van der Waals surface area (Å²) < 4.78 is 13.6. The summed E-state index contributed by atoms with van der Waals surface area (Å²) in [5.74, 6) is -2.27. The monoisotopic (exact) mass is 291 g/mol. The smallest absolute Gasteiger partial charge is 0.319 e. The van der Waals surface area contributed by atoms with E-state index < -0.39 is 29.8 Å². The highest BCUT2D eigenvalue weighted by Crippen LogP contribution is 2.26. The van der Waals surface area contributed by atoms with Crippen molar-refractivity contribution in [1.82, 2.24) is 5.32 Å². The number of amides is 2. The lowest BCUT2D eigenvalue weighted by Gasteiger charge is -2.18. The van der Waals surface area contributed by atoms with Gasteiger partial charge >= 0.3 is 12.0 Å². The summed E-state index contributed by atoms with van der Waals surface area (Å²) in [6, 6.07) is 4.37. The molecule has 2 atom stereocenters. The highest BCUT2D eigenvalue weighted by Gasteiger charge is 2.33. The maximum atomic E-state index is 13.6. The van der Waals surface area contributed by atoms with Crippen molar-refractivity contribution in [3.8, 4) is 6.07 Å². The predicted molar refractivity (Wildman–Crippen MR) is 72.0 cm³/mol. The first-order valence-electron chi connectivity index (χ1n) is 6.51. The summed E-state index contributed by atoms with van der Waals surface area (Å²) in [5.41, 5.74) is 0.0940. The molecule has 1 aliphatic carbocycles. The number of nitrogens with one attached hydrogen (secondary N) is 2. The number of hydrogen-bond donors (Lipinski definition) is 3. The van der Waals surface area contributed by atoms with Gasteiger partial charge in [0.25, 0.3) is 0 Å². The molecule has 110 valence electrons. The molecule has 21 heavy (non-hydrogen) atoms. The second kappa shape index (κ2) is 6.22. The lowest BCUT2D eigenvalue weighted by Crippen LogP contribution is -2.42. The van der Waals surface area contributed by atoms with E-state index >= 15 is 0 Å². The molecular formula is C14H14FN3O3. The van der Waals surface area contributed by atoms with Crippen molar-refractivity contribution in [2.24, 2.45) is 5.92 Å². The van der Waals surface area contributed by atoms with Crippen LogP contribution in [0.5, 0.6) is 0 Å². The number of aliphatic carboxylic acids is 1. The Bertz CT molecular complexity index is 612. The third kappa shape index (κ3) is 3.48. The highest BCUT2D eigenvalue weighted by atomic mass is 19.1. The van der Waals surface area contributed by atoms with E-state index in [2.05, 4.69) is 10.6 Å². The third-order valence-electron chi connectivity index (χ3n) is 3.50. The van der Waals surface area contributed by atoms with E-state index in [4.69, 9.17) is 10.4 Å². The molecule has 1 aromatic carbocycles. The molecule has 1 saturated carbocycles. The standard InChI is InChI=1S/C14H14FN3O3/c15-10-6-8(7-16)4-5-12(10)18-14(21)17-11-3-1-2-9(11)13(19)20/h4-6,9,11H,1-3H2,(H,19,20)(H2,17,18,21). The molecule has 0 saturated heterocycles. The van der Waals surface area contributed by atoms with Gasteiger partial charge in [0.1, 0.15) is 5.82 Å². The van der Waals surface area contributed by atoms with Gasteiger partial charge in [0.05, 0.1) is 23.2 Å². The van der Waals surface area contributed by atoms with Crippen LogP contribution >= 0.6 is 0 Å². The van der Waals surface area contributed by atoms with Crippen molar-refractivity contribution in [3.63, 3.8) is 0 Å². The van der Waals surface area contributed by atoms with Crippen LogP contribution in [0.2, 0.25) is 0 Å². The SMILES string of the molecule is N#Cc1ccc(NC(=O)NC2CCCC2C(=O)O)c(F)c1. The zero-order valence-electron chi connectivity index (χ0n) is 11.1. The number of nitrogens with zero attached hydrogens (tertiary/aromatic N) is 1. The molecule has 7 heteroatoms. The van der Waals surface area contributed by atoms with Gasteiger partial charge in [-0.25, -0.2) is 9.18 Å². The van der Waals surface area contributed by atoms with Gasteiger partial charge in [0, 0.05) is 6.04 Å². The van der Waals surface area contributed by atoms with Crippen molar-refractivity contribution in [2.75, 3.05) is 5.32 Å². The van der Waals surface area contributed by atoms with Crippen LogP contribution in [0.4, 0.5) is 14.9 Å². The minimum Gasteiger partial charge on any atom is -0.481 e. The van der Waals surface area contributed by atoms with Crippen LogP contribution in [0.3, 0.4) is 0 Å². The first-order chi connectivity index (χ1) is 10.0. The zero-order chi connectivity index (χ0) is 15.4. The number of anilines is 1. The number of carbonyl (C=O) groups excluding carboxylic acids is 1. The number of carbonyl (C=O) groups is 2. The van der Waals surface area contributed by atoms with Gasteiger partial charge in [-0.1, -0.05) is 6.42 Å². The fourth-order valence-electron chi connectivity index (χ4n) is 2.44. The van der Waals surface area contributed by atoms with Gasteiger partial charge in [-0.2, -0.15) is 5.26 Å². The Morgan fingerprint density at radius 1 is 1.38 bits per heavy atom. The van der Waals surface area contributed by atoms with E-state index in [1.807, 2.05) is 0 Å². The Morgan fingerprint density at radius 3 is 2.76 bits per heavy atom. The number of halogens is 1. The van der Waals surface area contributed by atoms with Crippen LogP contribution in [-0.4, -0.2) is 23.1 Å². The van der Waals surface area contributed by atoms with Gasteiger partial charge in [-0.3, -0.25) is 4.79 Å². The number of nitriles is 1. The molecule has 1 aromatic rings. The minimum absolute atomic E-state index is 0.0589. The fourth-order valence-corrected chi connectivity index (χ4v) is 2.44. The zero-order valence-corrected chi connectivity index (χ0v) is 11.1. The second-order valence-corrected chi connectivity index (χ2v) is 4.89. The molecule has 2 rings (SSSR count). The van der Waals surface area contributed by atoms with Crippen LogP contribution in [-0.2, 0) is 4.79 Å². The molecule has 1 aliphatic rings. The van der Waals surface area contributed by atoms with Gasteiger partial charge < -0.3 is 15.7 Å². The maximum absolute atomic E-state index is 13.6. The summed E-state index contributed by atoms with van der Waals surface area (Å²) in [7, 11) is 0. The molecular weight excluding hydrogens is 277 g/mol. The molecule has 6 nitrogen and oxygen atoms in total. The average molecular weight is 291 g/mol. The molecule has 0 bridgehead atoms. The number of rotatable bonds is 3. The predicted octanol–water partition coefficient (Wildman–Crippen LogP) is 2.07. The summed E-state index contributed by atoms with van der Waals surface area (Å²) in [5, 5.41) is 22.5. The van der Waals surface area contributed by atoms with Crippen LogP contribution in [0.25, 0.3) is 0 Å². The van der Waals surface area contributed by atoms with E-state index in [9.17, 15) is 14.0 Å². The van der Waals surface area contributed by atoms with Gasteiger partial charge in [0.2, 0.25) is 0 Å². The molecule has 0 aromatic heterocycles. The molecule has 0 aliphatic heterocycles. The number of hydrogen-bond acceptors (Lipinski definition) is 3. The van der Waals surface area contributed by atoms with Crippen molar-refractivity contribution in [1.29, 1.82) is 5.26 Å². The summed E-state index contributed by atoms with van der Waals surface area (Å²) >= 11 is 0. The summed E-state index contributed by atoms with van der Waals surface area (Å²) in [4.78, 5) is 22.8. The first kappa shape index (κ1) is 14.8. The Labute approximate surface area is 120 Å². The highest BCUT2D eigenvalue weighted by molar-refractivity contribution is 5.90. The Hall–Kier alpha value is -2.62. The second-order valence-electron chi connectivity index (χ2n) is 4.89. The number of urea groups is 1. The van der Waals surface area contributed by atoms with Crippen LogP contribution in [0.15, 0.2) is 18.2 Å². The van der Waals surface area contributed by atoms with Gasteiger partial charge in [-0.05, 0) is 31.0 Å². The molecule has 2 amide bonds. The van der Waals surface area contributed by atoms with Crippen LogP contribution in [0.1, 0.15) is 24.8 Å². The Kier molecular flexibility index (Phi) is 4.38. The molecule has 0 heterocycles. The van der Waals surface area contributed by atoms with Crippen molar-refractivity contribution >= 4 is 17.7 Å². The topological polar surface area (TPSA) is 102 Å². The van der Waals surface area contributed by atoms with Crippen molar-refractivity contribution < 1.29 is 19.1 Å². The average Bonchev–Trinajstić information content (AvgIpc) is 2.89. The lowest BCUT2D eigenvalue weighted by molar-refractivity contribution is -0.142. The minimum atomic E-state index is -0.942. The van der Waals surface area contributed by atoms with Crippen molar-refractivity contribution in [2.45, 2.75) is 25.3 Å². The van der Waals surface area contributed by atoms with E-state index in [1.54, 1.807) is 6.07 Å². The van der Waals surface area contributed by atoms with Crippen LogP contribution < -0.4 is 10.6 Å². The first-order valence-corrected chi connectivity index (χ1v) is 6.51.